The Balaban J connectivity index is 1.09. The Bertz CT molecular complexity index is 2160. The number of amides is 2. The summed E-state index contributed by atoms with van der Waals surface area (Å²) in [6, 6.07) is 11.6. The second kappa shape index (κ2) is 16.9. The summed E-state index contributed by atoms with van der Waals surface area (Å²) >= 11 is 18.4. The molecule has 0 spiro atoms. The average Bonchev–Trinajstić information content (AvgIpc) is 3.41. The number of imide groups is 1. The van der Waals surface area contributed by atoms with E-state index in [9.17, 15) is 25.0 Å². The number of fused-ring (bicyclic) bond motifs is 2. The van der Waals surface area contributed by atoms with Gasteiger partial charge in [0.25, 0.3) is 17.5 Å². The molecule has 2 aliphatic heterocycles. The predicted octanol–water partition coefficient (Wildman–Crippen LogP) is 7.29. The average molecular weight is 797 g/mol. The third kappa shape index (κ3) is 7.90. The van der Waals surface area contributed by atoms with Crippen molar-refractivity contribution >= 4 is 80.3 Å². The molecule has 3 aromatic carbocycles. The number of pyridine rings is 1. The number of piperazine rings is 1. The van der Waals surface area contributed by atoms with E-state index in [0.29, 0.717) is 120 Å². The SMILES string of the molecule is COc1cc(Nc2c(C#N)cnc3cc(OCCCN4CCN(c5cc6c(cc5[N+](=O)[O-])C(=O)N(CCCCCl)C6=O)CC4)c(OC)cc23)c(Cl)cc1Cl. The molecule has 14 nitrogen and oxygen atoms in total. The van der Waals surface area contributed by atoms with Crippen molar-refractivity contribution < 1.29 is 28.7 Å². The number of aromatic nitrogens is 1. The molecule has 0 aliphatic carbocycles. The lowest BCUT2D eigenvalue weighted by atomic mass is 10.1. The zero-order chi connectivity index (χ0) is 38.5. The van der Waals surface area contributed by atoms with E-state index < -0.39 is 16.7 Å². The van der Waals surface area contributed by atoms with Crippen LogP contribution in [0.3, 0.4) is 0 Å². The van der Waals surface area contributed by atoms with E-state index in [2.05, 4.69) is 21.3 Å². The zero-order valence-corrected chi connectivity index (χ0v) is 31.8. The van der Waals surface area contributed by atoms with Crippen molar-refractivity contribution in [2.45, 2.75) is 19.3 Å². The lowest BCUT2D eigenvalue weighted by Crippen LogP contribution is -2.47. The molecule has 6 rings (SSSR count). The highest BCUT2D eigenvalue weighted by molar-refractivity contribution is 6.37. The molecule has 1 aromatic heterocycles. The first-order valence-electron chi connectivity index (χ1n) is 17.1. The molecule has 3 heterocycles. The third-order valence-electron chi connectivity index (χ3n) is 9.39. The zero-order valence-electron chi connectivity index (χ0n) is 29.5. The summed E-state index contributed by atoms with van der Waals surface area (Å²) < 4.78 is 17.2. The standard InChI is InChI=1S/C37H36Cl3N7O7/c1-52-32-19-29(26(39)17-27(32)40)43-35-22(20-41)21-42-28-18-34(33(53-2)16-25(28)35)54-13-5-7-44-9-11-45(12-10-44)30-14-23-24(15-31(30)47(50)51)37(49)46(36(23)48)8-4-3-6-38/h14-19,21H,3-13H2,1-2H3,(H,42,43). The molecule has 1 fully saturated rings. The number of carbonyl (C=O) groups is 2. The van der Waals surface area contributed by atoms with Gasteiger partial charge in [-0.15, -0.1) is 11.6 Å². The van der Waals surface area contributed by atoms with Crippen molar-refractivity contribution in [2.24, 2.45) is 0 Å². The molecule has 0 saturated carbocycles. The maximum absolute atomic E-state index is 13.1. The van der Waals surface area contributed by atoms with E-state index in [0.717, 1.165) is 4.90 Å². The van der Waals surface area contributed by atoms with E-state index >= 15 is 0 Å². The van der Waals surface area contributed by atoms with E-state index in [1.807, 2.05) is 4.90 Å². The van der Waals surface area contributed by atoms with Gasteiger partial charge in [0.1, 0.15) is 17.5 Å². The number of rotatable bonds is 15. The number of anilines is 3. The summed E-state index contributed by atoms with van der Waals surface area (Å²) in [7, 11) is 3.02. The van der Waals surface area contributed by atoms with Crippen LogP contribution in [-0.2, 0) is 0 Å². The number of methoxy groups -OCH3 is 2. The first-order valence-corrected chi connectivity index (χ1v) is 18.4. The molecule has 0 unspecified atom stereocenters. The van der Waals surface area contributed by atoms with Gasteiger partial charge in [-0.05, 0) is 37.5 Å². The Kier molecular flexibility index (Phi) is 12.1. The number of nitro benzene ring substituents is 1. The fourth-order valence-corrected chi connectivity index (χ4v) is 7.27. The van der Waals surface area contributed by atoms with Crippen molar-refractivity contribution in [3.05, 3.63) is 79.4 Å². The van der Waals surface area contributed by atoms with Crippen LogP contribution in [0.1, 0.15) is 45.5 Å². The second-order valence-corrected chi connectivity index (χ2v) is 13.8. The molecule has 1 saturated heterocycles. The minimum Gasteiger partial charge on any atom is -0.495 e. The first-order chi connectivity index (χ1) is 26.1. The number of nitro groups is 1. The van der Waals surface area contributed by atoms with E-state index in [4.69, 9.17) is 49.0 Å². The number of benzene rings is 3. The monoisotopic (exact) mass is 795 g/mol. The first kappa shape index (κ1) is 38.6. The van der Waals surface area contributed by atoms with Gasteiger partial charge >= 0.3 is 0 Å². The number of hydrogen-bond donors (Lipinski definition) is 1. The number of halogens is 3. The van der Waals surface area contributed by atoms with Gasteiger partial charge in [-0.3, -0.25) is 34.5 Å². The molecule has 0 bridgehead atoms. The van der Waals surface area contributed by atoms with E-state index in [-0.39, 0.29) is 28.9 Å². The van der Waals surface area contributed by atoms with Crippen LogP contribution in [0, 0.1) is 21.4 Å². The Morgan fingerprint density at radius 1 is 0.907 bits per heavy atom. The lowest BCUT2D eigenvalue weighted by molar-refractivity contribution is -0.384. The summed E-state index contributed by atoms with van der Waals surface area (Å²) in [5.74, 6) is 0.811. The molecular formula is C37H36Cl3N7O7. The largest absolute Gasteiger partial charge is 0.495 e. The van der Waals surface area contributed by atoms with E-state index in [1.165, 1.54) is 32.5 Å². The maximum Gasteiger partial charge on any atom is 0.293 e. The van der Waals surface area contributed by atoms with Crippen LogP contribution in [0.5, 0.6) is 17.2 Å². The number of ether oxygens (including phenoxy) is 3. The van der Waals surface area contributed by atoms with E-state index in [1.54, 1.807) is 24.3 Å². The van der Waals surface area contributed by atoms with Crippen LogP contribution < -0.4 is 24.4 Å². The van der Waals surface area contributed by atoms with Crippen LogP contribution in [0.2, 0.25) is 10.0 Å². The van der Waals surface area contributed by atoms with Crippen LogP contribution >= 0.6 is 34.8 Å². The van der Waals surface area contributed by atoms with Crippen LogP contribution in [0.4, 0.5) is 22.7 Å². The van der Waals surface area contributed by atoms with Gasteiger partial charge in [0.05, 0.1) is 69.4 Å². The fourth-order valence-electron chi connectivity index (χ4n) is 6.57. The molecule has 282 valence electrons. The number of carbonyl (C=O) groups excluding carboxylic acids is 2. The van der Waals surface area contributed by atoms with Crippen LogP contribution in [-0.4, -0.2) is 97.5 Å². The number of nitrogens with one attached hydrogen (secondary N) is 1. The number of nitriles is 1. The molecule has 2 aliphatic rings. The molecule has 4 aromatic rings. The molecule has 1 N–H and O–H groups in total. The minimum atomic E-state index is -0.514. The van der Waals surface area contributed by atoms with Crippen LogP contribution in [0.15, 0.2) is 42.6 Å². The number of alkyl halides is 1. The Morgan fingerprint density at radius 3 is 2.30 bits per heavy atom. The second-order valence-electron chi connectivity index (χ2n) is 12.6. The highest BCUT2D eigenvalue weighted by Gasteiger charge is 2.39. The highest BCUT2D eigenvalue weighted by Crippen LogP contribution is 2.41. The third-order valence-corrected chi connectivity index (χ3v) is 10.3. The Hall–Kier alpha value is -5.07. The molecule has 17 heteroatoms. The topological polar surface area (TPSA) is 163 Å². The molecule has 0 atom stereocenters. The van der Waals surface area contributed by atoms with Gasteiger partial charge in [0.2, 0.25) is 0 Å². The van der Waals surface area contributed by atoms with Gasteiger partial charge in [0, 0.05) is 74.9 Å². The minimum absolute atomic E-state index is 0.0618. The van der Waals surface area contributed by atoms with Gasteiger partial charge in [-0.25, -0.2) is 0 Å². The summed E-state index contributed by atoms with van der Waals surface area (Å²) in [6.45, 7) is 3.57. The van der Waals surface area contributed by atoms with Gasteiger partial charge in [-0.1, -0.05) is 23.2 Å². The maximum atomic E-state index is 13.1. The predicted molar refractivity (Wildman–Crippen MR) is 206 cm³/mol. The highest BCUT2D eigenvalue weighted by atomic mass is 35.5. The number of hydrogen-bond acceptors (Lipinski definition) is 12. The normalized spacial score (nSPS) is 14.3. The smallest absolute Gasteiger partial charge is 0.293 e. The fraction of sp³-hybridized carbons (Fsp3) is 0.351. The van der Waals surface area contributed by atoms with Crippen molar-refractivity contribution in [3.8, 4) is 23.3 Å². The summed E-state index contributed by atoms with van der Waals surface area (Å²) in [6.07, 6.45) is 3.36. The number of nitrogens with zero attached hydrogens (tertiary/aromatic N) is 6. The van der Waals surface area contributed by atoms with Crippen molar-refractivity contribution in [1.82, 2.24) is 14.8 Å². The van der Waals surface area contributed by atoms with Gasteiger partial charge < -0.3 is 24.4 Å². The molecule has 2 amide bonds. The summed E-state index contributed by atoms with van der Waals surface area (Å²) in [4.78, 5) is 47.4. The van der Waals surface area contributed by atoms with Crippen molar-refractivity contribution in [1.29, 1.82) is 5.26 Å². The molecule has 54 heavy (non-hydrogen) atoms. The number of unbranched alkanes of at least 4 members (excludes halogenated alkanes) is 1. The Morgan fingerprint density at radius 2 is 1.63 bits per heavy atom. The summed E-state index contributed by atoms with van der Waals surface area (Å²) in [5.41, 5.74) is 2.20. The lowest BCUT2D eigenvalue weighted by Gasteiger charge is -2.35. The van der Waals surface area contributed by atoms with Gasteiger partial charge in [-0.2, -0.15) is 5.26 Å². The van der Waals surface area contributed by atoms with Crippen molar-refractivity contribution in [3.63, 3.8) is 0 Å². The summed E-state index contributed by atoms with van der Waals surface area (Å²) in [5, 5.41) is 26.5. The molecular weight excluding hydrogens is 761 g/mol. The molecule has 0 radical (unpaired) electrons. The Labute approximate surface area is 326 Å². The van der Waals surface area contributed by atoms with Gasteiger partial charge in [0.15, 0.2) is 11.5 Å². The van der Waals surface area contributed by atoms with Crippen LogP contribution in [0.25, 0.3) is 10.9 Å². The quantitative estimate of drug-likeness (QED) is 0.0421. The van der Waals surface area contributed by atoms with Crippen molar-refractivity contribution in [2.75, 3.05) is 76.2 Å².